The summed E-state index contributed by atoms with van der Waals surface area (Å²) in [6.07, 6.45) is 2.09. The molecule has 104 valence electrons. The maximum atomic E-state index is 12.8. The van der Waals surface area contributed by atoms with Gasteiger partial charge < -0.3 is 4.74 Å². The zero-order valence-corrected chi connectivity index (χ0v) is 12.0. The maximum absolute atomic E-state index is 12.8. The fraction of sp³-hybridized carbons (Fsp3) is 0.357. The van der Waals surface area contributed by atoms with Crippen LogP contribution in [0, 0.1) is 5.82 Å². The predicted octanol–water partition coefficient (Wildman–Crippen LogP) is 4.01. The van der Waals surface area contributed by atoms with Crippen LogP contribution in [0.3, 0.4) is 0 Å². The Morgan fingerprint density at radius 1 is 1.42 bits per heavy atom. The van der Waals surface area contributed by atoms with Gasteiger partial charge in [0.25, 0.3) is 0 Å². The standard InChI is InChI=1S/C14H15Cl2FO2/c1-2-19-14(18)13(16)8-5-11(9-15)10-3-6-12(17)7-4-10/h3-7,13H,2,8-9H2,1H3/b11-5-. The van der Waals surface area contributed by atoms with E-state index in [0.717, 1.165) is 11.1 Å². The molecule has 0 heterocycles. The van der Waals surface area contributed by atoms with Crippen molar-refractivity contribution in [2.24, 2.45) is 0 Å². The first-order chi connectivity index (χ1) is 9.08. The predicted molar refractivity (Wildman–Crippen MR) is 76.0 cm³/mol. The molecule has 2 nitrogen and oxygen atoms in total. The first kappa shape index (κ1) is 16.0. The van der Waals surface area contributed by atoms with Crippen molar-refractivity contribution in [3.8, 4) is 0 Å². The molecule has 0 radical (unpaired) electrons. The van der Waals surface area contributed by atoms with Crippen LogP contribution in [0.5, 0.6) is 0 Å². The molecule has 0 aliphatic rings. The Morgan fingerprint density at radius 2 is 2.05 bits per heavy atom. The lowest BCUT2D eigenvalue weighted by atomic mass is 10.1. The SMILES string of the molecule is CCOC(=O)C(Cl)C/C=C(/CCl)c1ccc(F)cc1. The van der Waals surface area contributed by atoms with Crippen molar-refractivity contribution < 1.29 is 13.9 Å². The van der Waals surface area contributed by atoms with Crippen LogP contribution in [-0.4, -0.2) is 23.8 Å². The summed E-state index contributed by atoms with van der Waals surface area (Å²) in [5.41, 5.74) is 1.61. The van der Waals surface area contributed by atoms with Gasteiger partial charge in [-0.3, -0.25) is 4.79 Å². The van der Waals surface area contributed by atoms with Crippen LogP contribution < -0.4 is 0 Å². The van der Waals surface area contributed by atoms with Crippen molar-refractivity contribution in [3.63, 3.8) is 0 Å². The molecule has 1 rings (SSSR count). The number of allylic oxidation sites excluding steroid dienone is 2. The highest BCUT2D eigenvalue weighted by Crippen LogP contribution is 2.19. The molecule has 0 aromatic heterocycles. The van der Waals surface area contributed by atoms with Gasteiger partial charge in [-0.1, -0.05) is 18.2 Å². The Bertz CT molecular complexity index is 443. The zero-order valence-electron chi connectivity index (χ0n) is 10.5. The molecule has 0 saturated heterocycles. The molecule has 0 spiro atoms. The van der Waals surface area contributed by atoms with Crippen LogP contribution in [0.4, 0.5) is 4.39 Å². The van der Waals surface area contributed by atoms with Gasteiger partial charge in [0, 0.05) is 5.88 Å². The van der Waals surface area contributed by atoms with E-state index in [9.17, 15) is 9.18 Å². The number of ether oxygens (including phenoxy) is 1. The van der Waals surface area contributed by atoms with Crippen molar-refractivity contribution in [2.75, 3.05) is 12.5 Å². The first-order valence-electron chi connectivity index (χ1n) is 5.90. The van der Waals surface area contributed by atoms with Gasteiger partial charge in [0.05, 0.1) is 6.61 Å². The average Bonchev–Trinajstić information content (AvgIpc) is 2.41. The van der Waals surface area contributed by atoms with Gasteiger partial charge in [-0.2, -0.15) is 0 Å². The normalized spacial score (nSPS) is 13.2. The Hall–Kier alpha value is -1.06. The van der Waals surface area contributed by atoms with E-state index in [0.29, 0.717) is 13.0 Å². The summed E-state index contributed by atoms with van der Waals surface area (Å²) >= 11 is 11.7. The number of benzene rings is 1. The van der Waals surface area contributed by atoms with Gasteiger partial charge in [0.1, 0.15) is 11.2 Å². The molecule has 0 fully saturated rings. The van der Waals surface area contributed by atoms with Gasteiger partial charge in [0.2, 0.25) is 0 Å². The smallest absolute Gasteiger partial charge is 0.324 e. The van der Waals surface area contributed by atoms with Crippen LogP contribution in [0.1, 0.15) is 18.9 Å². The summed E-state index contributed by atoms with van der Waals surface area (Å²) < 4.78 is 17.6. The third-order valence-corrected chi connectivity index (χ3v) is 3.12. The van der Waals surface area contributed by atoms with E-state index in [4.69, 9.17) is 27.9 Å². The molecule has 1 atom stereocenters. The van der Waals surface area contributed by atoms with Crippen molar-refractivity contribution in [3.05, 3.63) is 41.7 Å². The minimum atomic E-state index is -0.737. The van der Waals surface area contributed by atoms with Gasteiger partial charge >= 0.3 is 5.97 Å². The molecule has 0 N–H and O–H groups in total. The molecular formula is C14H15Cl2FO2. The van der Waals surface area contributed by atoms with E-state index in [1.54, 1.807) is 25.1 Å². The molecule has 0 aliphatic carbocycles. The quantitative estimate of drug-likeness (QED) is 0.586. The third kappa shape index (κ3) is 5.21. The number of hydrogen-bond donors (Lipinski definition) is 0. The lowest BCUT2D eigenvalue weighted by Crippen LogP contribution is -2.17. The van der Waals surface area contributed by atoms with Crippen LogP contribution >= 0.6 is 23.2 Å². The molecular weight excluding hydrogens is 290 g/mol. The zero-order chi connectivity index (χ0) is 14.3. The number of esters is 1. The molecule has 1 aromatic rings. The molecule has 5 heteroatoms. The second kappa shape index (κ2) is 8.18. The number of rotatable bonds is 6. The van der Waals surface area contributed by atoms with Crippen LogP contribution in [-0.2, 0) is 9.53 Å². The minimum Gasteiger partial charge on any atom is -0.465 e. The number of carbonyl (C=O) groups excluding carboxylic acids is 1. The molecule has 19 heavy (non-hydrogen) atoms. The summed E-state index contributed by atoms with van der Waals surface area (Å²) in [6, 6.07) is 5.99. The molecule has 1 aromatic carbocycles. The summed E-state index contributed by atoms with van der Waals surface area (Å²) in [5.74, 6) is -0.495. The van der Waals surface area contributed by atoms with Gasteiger partial charge in [0.15, 0.2) is 0 Å². The van der Waals surface area contributed by atoms with Crippen LogP contribution in [0.15, 0.2) is 30.3 Å². The second-order valence-electron chi connectivity index (χ2n) is 3.83. The van der Waals surface area contributed by atoms with E-state index < -0.39 is 11.3 Å². The van der Waals surface area contributed by atoms with E-state index in [-0.39, 0.29) is 11.7 Å². The Kier molecular flexibility index (Phi) is 6.89. The van der Waals surface area contributed by atoms with Crippen molar-refractivity contribution >= 4 is 34.7 Å². The first-order valence-corrected chi connectivity index (χ1v) is 6.87. The summed E-state index contributed by atoms with van der Waals surface area (Å²) in [6.45, 7) is 2.02. The monoisotopic (exact) mass is 304 g/mol. The van der Waals surface area contributed by atoms with Gasteiger partial charge in [-0.15, -0.1) is 23.2 Å². The van der Waals surface area contributed by atoms with E-state index in [1.165, 1.54) is 12.1 Å². The number of carbonyl (C=O) groups is 1. The lowest BCUT2D eigenvalue weighted by molar-refractivity contribution is -0.142. The van der Waals surface area contributed by atoms with Gasteiger partial charge in [-0.05, 0) is 36.6 Å². The summed E-state index contributed by atoms with van der Waals surface area (Å²) in [5, 5.41) is -0.737. The largest absolute Gasteiger partial charge is 0.465 e. The molecule has 0 bridgehead atoms. The second-order valence-corrected chi connectivity index (χ2v) is 4.62. The minimum absolute atomic E-state index is 0.262. The van der Waals surface area contributed by atoms with Crippen LogP contribution in [0.2, 0.25) is 0 Å². The fourth-order valence-corrected chi connectivity index (χ4v) is 1.90. The fourth-order valence-electron chi connectivity index (χ4n) is 1.49. The summed E-state index contributed by atoms with van der Waals surface area (Å²) in [4.78, 5) is 11.4. The highest BCUT2D eigenvalue weighted by Gasteiger charge is 2.15. The Morgan fingerprint density at radius 3 is 2.58 bits per heavy atom. The van der Waals surface area contributed by atoms with Crippen molar-refractivity contribution in [1.29, 1.82) is 0 Å². The third-order valence-electron chi connectivity index (χ3n) is 2.47. The molecule has 1 unspecified atom stereocenters. The highest BCUT2D eigenvalue weighted by atomic mass is 35.5. The highest BCUT2D eigenvalue weighted by molar-refractivity contribution is 6.30. The molecule has 0 saturated carbocycles. The van der Waals surface area contributed by atoms with Gasteiger partial charge in [-0.25, -0.2) is 4.39 Å². The summed E-state index contributed by atoms with van der Waals surface area (Å²) in [7, 11) is 0. The molecule has 0 amide bonds. The lowest BCUT2D eigenvalue weighted by Gasteiger charge is -2.08. The van der Waals surface area contributed by atoms with E-state index in [2.05, 4.69) is 0 Å². The Balaban J connectivity index is 2.72. The number of hydrogen-bond acceptors (Lipinski definition) is 2. The average molecular weight is 305 g/mol. The van der Waals surface area contributed by atoms with Crippen molar-refractivity contribution in [2.45, 2.75) is 18.7 Å². The van der Waals surface area contributed by atoms with Crippen molar-refractivity contribution in [1.82, 2.24) is 0 Å². The number of halogens is 3. The topological polar surface area (TPSA) is 26.3 Å². The maximum Gasteiger partial charge on any atom is 0.324 e. The van der Waals surface area contributed by atoms with Crippen LogP contribution in [0.25, 0.3) is 5.57 Å². The molecule has 0 aliphatic heterocycles. The van der Waals surface area contributed by atoms with E-state index >= 15 is 0 Å². The number of alkyl halides is 2. The van der Waals surface area contributed by atoms with E-state index in [1.807, 2.05) is 0 Å². The Labute approximate surface area is 122 Å².